The van der Waals surface area contributed by atoms with E-state index < -0.39 is 21.8 Å². The van der Waals surface area contributed by atoms with E-state index in [0.29, 0.717) is 13.1 Å². The molecule has 8 heteroatoms. The Morgan fingerprint density at radius 1 is 1.50 bits per heavy atom. The second-order valence-electron chi connectivity index (χ2n) is 5.00. The summed E-state index contributed by atoms with van der Waals surface area (Å²) in [5.41, 5.74) is -0.256. The molecule has 2 N–H and O–H groups in total. The summed E-state index contributed by atoms with van der Waals surface area (Å²) in [6, 6.07) is 1.81. The van der Waals surface area contributed by atoms with Crippen LogP contribution in [-0.4, -0.2) is 30.9 Å². The van der Waals surface area contributed by atoms with Crippen LogP contribution in [0.2, 0.25) is 5.02 Å². The van der Waals surface area contributed by atoms with E-state index in [1.807, 2.05) is 6.92 Å². The maximum atomic E-state index is 13.2. The van der Waals surface area contributed by atoms with E-state index in [1.54, 1.807) is 0 Å². The van der Waals surface area contributed by atoms with Crippen molar-refractivity contribution in [3.05, 3.63) is 23.0 Å². The molecular formula is C12H16ClFN2O3S. The average molecular weight is 323 g/mol. The normalized spacial score (nSPS) is 20.9. The Morgan fingerprint density at radius 2 is 2.20 bits per heavy atom. The molecule has 1 heterocycles. The molecule has 1 fully saturated rings. The maximum Gasteiger partial charge on any atom is 0.301 e. The van der Waals surface area contributed by atoms with Crippen LogP contribution in [0.4, 0.5) is 10.1 Å². The lowest BCUT2D eigenvalue weighted by molar-refractivity contribution is 0.282. The number of aromatic hydroxyl groups is 1. The first-order valence-corrected chi connectivity index (χ1v) is 8.07. The van der Waals surface area contributed by atoms with Crippen LogP contribution >= 0.6 is 11.6 Å². The molecule has 2 rings (SSSR count). The molecule has 0 saturated carbocycles. The Labute approximate surface area is 122 Å². The van der Waals surface area contributed by atoms with Crippen LogP contribution in [-0.2, 0) is 10.2 Å². The number of anilines is 1. The highest BCUT2D eigenvalue weighted by molar-refractivity contribution is 7.90. The molecule has 1 atom stereocenters. The van der Waals surface area contributed by atoms with Gasteiger partial charge >= 0.3 is 10.2 Å². The summed E-state index contributed by atoms with van der Waals surface area (Å²) in [6.07, 6.45) is 1.75. The summed E-state index contributed by atoms with van der Waals surface area (Å²) in [5, 5.41) is 9.45. The number of halogens is 2. The molecule has 1 aliphatic rings. The number of phenols is 1. The van der Waals surface area contributed by atoms with Gasteiger partial charge in [-0.3, -0.25) is 4.72 Å². The van der Waals surface area contributed by atoms with Crippen molar-refractivity contribution in [1.82, 2.24) is 4.31 Å². The van der Waals surface area contributed by atoms with E-state index >= 15 is 0 Å². The van der Waals surface area contributed by atoms with Crippen molar-refractivity contribution in [3.8, 4) is 5.75 Å². The van der Waals surface area contributed by atoms with Gasteiger partial charge in [0.05, 0.1) is 10.7 Å². The van der Waals surface area contributed by atoms with Crippen LogP contribution < -0.4 is 4.72 Å². The smallest absolute Gasteiger partial charge is 0.301 e. The Bertz CT molecular complexity index is 609. The van der Waals surface area contributed by atoms with Gasteiger partial charge in [0.1, 0.15) is 5.82 Å². The topological polar surface area (TPSA) is 69.6 Å². The standard InChI is InChI=1S/C12H16ClFN2O3S/c1-8-3-2-4-16(7-8)20(18,19)15-11-6-9(14)5-10(13)12(11)17/h5-6,8,15,17H,2-4,7H2,1H3. The van der Waals surface area contributed by atoms with E-state index in [-0.39, 0.29) is 16.6 Å². The molecule has 0 bridgehead atoms. The first kappa shape index (κ1) is 15.3. The fourth-order valence-electron chi connectivity index (χ4n) is 2.21. The maximum absolute atomic E-state index is 13.2. The number of hydrogen-bond acceptors (Lipinski definition) is 3. The minimum Gasteiger partial charge on any atom is -0.504 e. The fourth-order valence-corrected chi connectivity index (χ4v) is 3.80. The van der Waals surface area contributed by atoms with E-state index in [0.717, 1.165) is 25.0 Å². The highest BCUT2D eigenvalue weighted by atomic mass is 35.5. The zero-order valence-corrected chi connectivity index (χ0v) is 12.5. The van der Waals surface area contributed by atoms with Gasteiger partial charge in [-0.1, -0.05) is 18.5 Å². The second-order valence-corrected chi connectivity index (χ2v) is 7.07. The molecule has 112 valence electrons. The van der Waals surface area contributed by atoms with Crippen molar-refractivity contribution in [3.63, 3.8) is 0 Å². The van der Waals surface area contributed by atoms with Crippen LogP contribution in [0.3, 0.4) is 0 Å². The van der Waals surface area contributed by atoms with E-state index in [4.69, 9.17) is 11.6 Å². The summed E-state index contributed by atoms with van der Waals surface area (Å²) in [6.45, 7) is 2.78. The molecule has 0 aromatic heterocycles. The van der Waals surface area contributed by atoms with Gasteiger partial charge in [-0.2, -0.15) is 12.7 Å². The molecule has 0 amide bonds. The number of nitrogens with one attached hydrogen (secondary N) is 1. The number of benzene rings is 1. The second kappa shape index (κ2) is 5.75. The van der Waals surface area contributed by atoms with E-state index in [1.165, 1.54) is 4.31 Å². The van der Waals surface area contributed by atoms with Crippen molar-refractivity contribution in [2.75, 3.05) is 17.8 Å². The Hall–Kier alpha value is -1.05. The number of piperidine rings is 1. The molecule has 5 nitrogen and oxygen atoms in total. The van der Waals surface area contributed by atoms with Crippen LogP contribution in [0.1, 0.15) is 19.8 Å². The van der Waals surface area contributed by atoms with Crippen LogP contribution in [0.25, 0.3) is 0 Å². The van der Waals surface area contributed by atoms with Gasteiger partial charge in [-0.15, -0.1) is 0 Å². The summed E-state index contributed by atoms with van der Waals surface area (Å²) in [5.74, 6) is -0.941. The van der Waals surface area contributed by atoms with Crippen LogP contribution in [0.5, 0.6) is 5.75 Å². The third-order valence-corrected chi connectivity index (χ3v) is 5.00. The van der Waals surface area contributed by atoms with Crippen molar-refractivity contribution >= 4 is 27.5 Å². The number of hydrogen-bond donors (Lipinski definition) is 2. The van der Waals surface area contributed by atoms with Crippen molar-refractivity contribution in [1.29, 1.82) is 0 Å². The third kappa shape index (κ3) is 3.34. The van der Waals surface area contributed by atoms with Gasteiger partial charge in [-0.05, 0) is 24.8 Å². The van der Waals surface area contributed by atoms with Gasteiger partial charge in [0.2, 0.25) is 0 Å². The van der Waals surface area contributed by atoms with Gasteiger partial charge < -0.3 is 5.11 Å². The molecule has 20 heavy (non-hydrogen) atoms. The Morgan fingerprint density at radius 3 is 2.85 bits per heavy atom. The average Bonchev–Trinajstić information content (AvgIpc) is 2.35. The first-order chi connectivity index (χ1) is 9.29. The summed E-state index contributed by atoms with van der Waals surface area (Å²) in [4.78, 5) is 0. The zero-order chi connectivity index (χ0) is 14.9. The minimum atomic E-state index is -3.83. The first-order valence-electron chi connectivity index (χ1n) is 6.25. The highest BCUT2D eigenvalue weighted by Crippen LogP contribution is 2.34. The van der Waals surface area contributed by atoms with E-state index in [9.17, 15) is 17.9 Å². The lowest BCUT2D eigenvalue weighted by Gasteiger charge is -2.30. The molecule has 1 aromatic rings. The monoisotopic (exact) mass is 322 g/mol. The SMILES string of the molecule is CC1CCCN(S(=O)(=O)Nc2cc(F)cc(Cl)c2O)C1. The molecule has 0 spiro atoms. The molecule has 0 radical (unpaired) electrons. The quantitative estimate of drug-likeness (QED) is 0.840. The summed E-state index contributed by atoms with van der Waals surface area (Å²) < 4.78 is 41.1. The molecule has 1 aromatic carbocycles. The largest absolute Gasteiger partial charge is 0.504 e. The van der Waals surface area contributed by atoms with Crippen LogP contribution in [0, 0.1) is 11.7 Å². The number of nitrogens with zero attached hydrogens (tertiary/aromatic N) is 1. The molecule has 1 unspecified atom stereocenters. The summed E-state index contributed by atoms with van der Waals surface area (Å²) >= 11 is 5.62. The number of rotatable bonds is 3. The lowest BCUT2D eigenvalue weighted by atomic mass is 10.0. The Kier molecular flexibility index (Phi) is 4.41. The summed E-state index contributed by atoms with van der Waals surface area (Å²) in [7, 11) is -3.83. The van der Waals surface area contributed by atoms with Gasteiger partial charge in [0.15, 0.2) is 5.75 Å². The van der Waals surface area contributed by atoms with Gasteiger partial charge in [0, 0.05) is 19.2 Å². The van der Waals surface area contributed by atoms with Gasteiger partial charge in [-0.25, -0.2) is 4.39 Å². The van der Waals surface area contributed by atoms with Gasteiger partial charge in [0.25, 0.3) is 0 Å². The highest BCUT2D eigenvalue weighted by Gasteiger charge is 2.28. The molecule has 1 aliphatic heterocycles. The number of phenolic OH excluding ortho intramolecular Hbond substituents is 1. The molecule has 0 aliphatic carbocycles. The van der Waals surface area contributed by atoms with E-state index in [2.05, 4.69) is 4.72 Å². The Balaban J connectivity index is 2.24. The predicted octanol–water partition coefficient (Wildman–Crippen LogP) is 2.57. The fraction of sp³-hybridized carbons (Fsp3) is 0.500. The predicted molar refractivity (Wildman–Crippen MR) is 75.6 cm³/mol. The van der Waals surface area contributed by atoms with Crippen molar-refractivity contribution in [2.24, 2.45) is 5.92 Å². The molecule has 1 saturated heterocycles. The zero-order valence-electron chi connectivity index (χ0n) is 10.9. The molecular weight excluding hydrogens is 307 g/mol. The van der Waals surface area contributed by atoms with Crippen molar-refractivity contribution < 1.29 is 17.9 Å². The lowest BCUT2D eigenvalue weighted by Crippen LogP contribution is -2.42. The van der Waals surface area contributed by atoms with Crippen LogP contribution in [0.15, 0.2) is 12.1 Å². The van der Waals surface area contributed by atoms with Crippen molar-refractivity contribution in [2.45, 2.75) is 19.8 Å². The minimum absolute atomic E-state index is 0.241. The third-order valence-electron chi connectivity index (χ3n) is 3.23.